The quantitative estimate of drug-likeness (QED) is 0.809. The summed E-state index contributed by atoms with van der Waals surface area (Å²) in [6.45, 7) is 6.80. The van der Waals surface area contributed by atoms with Gasteiger partial charge in [-0.05, 0) is 44.1 Å². The van der Waals surface area contributed by atoms with Crippen LogP contribution < -0.4 is 5.56 Å². The number of thiazole rings is 1. The fourth-order valence-electron chi connectivity index (χ4n) is 6.03. The van der Waals surface area contributed by atoms with Gasteiger partial charge in [-0.3, -0.25) is 19.0 Å². The van der Waals surface area contributed by atoms with Crippen LogP contribution in [0.4, 0.5) is 0 Å². The van der Waals surface area contributed by atoms with Crippen molar-refractivity contribution in [3.63, 3.8) is 0 Å². The van der Waals surface area contributed by atoms with E-state index in [1.807, 2.05) is 11.6 Å². The van der Waals surface area contributed by atoms with Gasteiger partial charge in [-0.15, -0.1) is 11.3 Å². The molecule has 0 amide bonds. The second kappa shape index (κ2) is 7.30. The summed E-state index contributed by atoms with van der Waals surface area (Å²) in [4.78, 5) is 23.4. The van der Waals surface area contributed by atoms with Crippen LogP contribution in [0.1, 0.15) is 51.1 Å². The normalized spacial score (nSPS) is 31.9. The van der Waals surface area contributed by atoms with Gasteiger partial charge >= 0.3 is 0 Å². The fourth-order valence-corrected chi connectivity index (χ4v) is 6.76. The summed E-state index contributed by atoms with van der Waals surface area (Å²) in [5, 5.41) is 1.94. The zero-order valence-corrected chi connectivity index (χ0v) is 17.0. The van der Waals surface area contributed by atoms with Crippen LogP contribution in [-0.4, -0.2) is 50.9 Å². The fraction of sp³-hybridized carbons (Fsp3) is 0.714. The molecule has 3 saturated heterocycles. The van der Waals surface area contributed by atoms with E-state index in [1.54, 1.807) is 21.8 Å². The van der Waals surface area contributed by atoms with Crippen molar-refractivity contribution in [1.29, 1.82) is 0 Å². The SMILES string of the molecule is CCC[C@H]1[C@H]2C[C@H](CN(Cc3cc(=O)n4ccsc4n3)C2)[C@@H]2CCCCN21. The largest absolute Gasteiger partial charge is 0.297 e. The van der Waals surface area contributed by atoms with Crippen molar-refractivity contribution in [3.05, 3.63) is 33.7 Å². The van der Waals surface area contributed by atoms with Gasteiger partial charge in [0.25, 0.3) is 5.56 Å². The molecule has 2 bridgehead atoms. The lowest BCUT2D eigenvalue weighted by atomic mass is 9.71. The number of piperidine rings is 3. The Balaban J connectivity index is 1.38. The monoisotopic (exact) mass is 386 g/mol. The molecule has 27 heavy (non-hydrogen) atoms. The van der Waals surface area contributed by atoms with Crippen molar-refractivity contribution in [2.75, 3.05) is 19.6 Å². The molecular weight excluding hydrogens is 356 g/mol. The Bertz CT molecular complexity index is 861. The maximum atomic E-state index is 12.3. The molecule has 2 aromatic heterocycles. The number of fused-ring (bicyclic) bond motifs is 5. The van der Waals surface area contributed by atoms with Crippen LogP contribution in [0.15, 0.2) is 22.4 Å². The lowest BCUT2D eigenvalue weighted by Gasteiger charge is -2.57. The van der Waals surface area contributed by atoms with Gasteiger partial charge in [-0.1, -0.05) is 19.8 Å². The Kier molecular flexibility index (Phi) is 4.82. The molecule has 3 aliphatic rings. The summed E-state index contributed by atoms with van der Waals surface area (Å²) < 4.78 is 1.65. The molecule has 0 radical (unpaired) electrons. The highest BCUT2D eigenvalue weighted by Crippen LogP contribution is 2.42. The summed E-state index contributed by atoms with van der Waals surface area (Å²) in [7, 11) is 0. The van der Waals surface area contributed by atoms with Crippen LogP contribution in [0, 0.1) is 11.8 Å². The third-order valence-corrected chi connectivity index (χ3v) is 7.78. The summed E-state index contributed by atoms with van der Waals surface area (Å²) in [6, 6.07) is 3.28. The molecule has 0 N–H and O–H groups in total. The lowest BCUT2D eigenvalue weighted by Crippen LogP contribution is -2.63. The van der Waals surface area contributed by atoms with Crippen LogP contribution >= 0.6 is 11.3 Å². The van der Waals surface area contributed by atoms with Crippen LogP contribution in [0.5, 0.6) is 0 Å². The van der Waals surface area contributed by atoms with Crippen molar-refractivity contribution in [1.82, 2.24) is 19.2 Å². The molecule has 0 aromatic carbocycles. The van der Waals surface area contributed by atoms with E-state index in [1.165, 1.54) is 51.6 Å². The van der Waals surface area contributed by atoms with Gasteiger partial charge in [0.05, 0.1) is 5.69 Å². The maximum Gasteiger partial charge on any atom is 0.258 e. The van der Waals surface area contributed by atoms with Crippen LogP contribution in [-0.2, 0) is 6.54 Å². The molecule has 146 valence electrons. The van der Waals surface area contributed by atoms with Gasteiger partial charge in [-0.2, -0.15) is 0 Å². The molecule has 2 aromatic rings. The topological polar surface area (TPSA) is 40.9 Å². The molecule has 0 aliphatic carbocycles. The second-order valence-corrected chi connectivity index (χ2v) is 9.62. The van der Waals surface area contributed by atoms with Crippen LogP contribution in [0.3, 0.4) is 0 Å². The number of hydrogen-bond donors (Lipinski definition) is 0. The first-order chi connectivity index (χ1) is 13.2. The average molecular weight is 387 g/mol. The van der Waals surface area contributed by atoms with Gasteiger partial charge in [-0.25, -0.2) is 4.98 Å². The van der Waals surface area contributed by atoms with E-state index in [2.05, 4.69) is 16.7 Å². The molecule has 4 atom stereocenters. The van der Waals surface area contributed by atoms with Crippen molar-refractivity contribution in [2.24, 2.45) is 11.8 Å². The Morgan fingerprint density at radius 3 is 3.04 bits per heavy atom. The second-order valence-electron chi connectivity index (χ2n) is 8.75. The highest BCUT2D eigenvalue weighted by atomic mass is 32.1. The molecular formula is C21H30N4OS. The molecule has 5 heterocycles. The Morgan fingerprint density at radius 2 is 2.15 bits per heavy atom. The van der Waals surface area contributed by atoms with E-state index >= 15 is 0 Å². The van der Waals surface area contributed by atoms with Crippen molar-refractivity contribution < 1.29 is 0 Å². The zero-order chi connectivity index (χ0) is 18.4. The standard InChI is InChI=1S/C21H30N4OS/c1-2-5-18-15-10-16(19-6-3-4-7-24(18)19)13-23(12-15)14-17-11-20(26)25-8-9-27-21(25)22-17/h8-9,11,15-16,18-19H,2-7,10,12-14H2,1H3/t15-,16+,18-,19-/m0/s1. The van der Waals surface area contributed by atoms with Crippen molar-refractivity contribution in [3.8, 4) is 0 Å². The summed E-state index contributed by atoms with van der Waals surface area (Å²) in [5.74, 6) is 1.58. The van der Waals surface area contributed by atoms with Gasteiger partial charge in [0, 0.05) is 49.4 Å². The number of nitrogens with zero attached hydrogens (tertiary/aromatic N) is 4. The summed E-state index contributed by atoms with van der Waals surface area (Å²) >= 11 is 1.54. The molecule has 0 spiro atoms. The molecule has 5 rings (SSSR count). The lowest BCUT2D eigenvalue weighted by molar-refractivity contribution is -0.0759. The van der Waals surface area contributed by atoms with E-state index in [0.29, 0.717) is 0 Å². The minimum Gasteiger partial charge on any atom is -0.297 e. The minimum absolute atomic E-state index is 0.0516. The number of hydrogen-bond acceptors (Lipinski definition) is 5. The number of likely N-dealkylation sites (tertiary alicyclic amines) is 1. The predicted molar refractivity (Wildman–Crippen MR) is 109 cm³/mol. The van der Waals surface area contributed by atoms with E-state index in [0.717, 1.165) is 47.7 Å². The molecule has 0 saturated carbocycles. The van der Waals surface area contributed by atoms with Gasteiger partial charge < -0.3 is 0 Å². The minimum atomic E-state index is 0.0516. The summed E-state index contributed by atoms with van der Waals surface area (Å²) in [6.07, 6.45) is 10.00. The zero-order valence-electron chi connectivity index (χ0n) is 16.2. The Labute approximate surface area is 165 Å². The van der Waals surface area contributed by atoms with E-state index in [9.17, 15) is 4.79 Å². The van der Waals surface area contributed by atoms with Gasteiger partial charge in [0.1, 0.15) is 0 Å². The third-order valence-electron chi connectivity index (χ3n) is 7.02. The molecule has 5 nitrogen and oxygen atoms in total. The third kappa shape index (κ3) is 3.26. The average Bonchev–Trinajstić information content (AvgIpc) is 3.14. The van der Waals surface area contributed by atoms with Crippen LogP contribution in [0.2, 0.25) is 0 Å². The van der Waals surface area contributed by atoms with Crippen molar-refractivity contribution >= 4 is 16.3 Å². The maximum absolute atomic E-state index is 12.3. The first-order valence-corrected chi connectivity index (χ1v) is 11.5. The summed E-state index contributed by atoms with van der Waals surface area (Å²) in [5.41, 5.74) is 0.991. The van der Waals surface area contributed by atoms with Crippen LogP contribution in [0.25, 0.3) is 4.96 Å². The highest BCUT2D eigenvalue weighted by molar-refractivity contribution is 7.15. The number of rotatable bonds is 4. The van der Waals surface area contributed by atoms with E-state index in [4.69, 9.17) is 4.98 Å². The molecule has 6 heteroatoms. The Hall–Kier alpha value is -1.24. The van der Waals surface area contributed by atoms with Gasteiger partial charge in [0.2, 0.25) is 0 Å². The first-order valence-electron chi connectivity index (χ1n) is 10.7. The molecule has 0 unspecified atom stereocenters. The van der Waals surface area contributed by atoms with Gasteiger partial charge in [0.15, 0.2) is 4.96 Å². The van der Waals surface area contributed by atoms with E-state index < -0.39 is 0 Å². The number of aromatic nitrogens is 2. The molecule has 3 fully saturated rings. The first kappa shape index (κ1) is 17.8. The predicted octanol–water partition coefficient (Wildman–Crippen LogP) is 3.23. The smallest absolute Gasteiger partial charge is 0.258 e. The highest BCUT2D eigenvalue weighted by Gasteiger charge is 2.46. The molecule has 3 aliphatic heterocycles. The Morgan fingerprint density at radius 1 is 1.26 bits per heavy atom. The van der Waals surface area contributed by atoms with Crippen molar-refractivity contribution in [2.45, 2.75) is 64.1 Å². The van der Waals surface area contributed by atoms with E-state index in [-0.39, 0.29) is 5.56 Å².